The van der Waals surface area contributed by atoms with E-state index in [2.05, 4.69) is 16.0 Å². The van der Waals surface area contributed by atoms with Crippen LogP contribution in [0.2, 0.25) is 5.02 Å². The topological polar surface area (TPSA) is 242 Å². The molecular weight excluding hydrogens is 789 g/mol. The maximum Gasteiger partial charge on any atom is 0.412 e. The van der Waals surface area contributed by atoms with E-state index in [4.69, 9.17) is 35.3 Å². The predicted octanol–water partition coefficient (Wildman–Crippen LogP) is 5.32. The molecule has 0 saturated carbocycles. The SMILES string of the molecule is CC(=O)[C@H](C)NCOP(=O)(CCNC(=O)Oc1cc(OCC(=O)Nc2ccc(S(N)(=O)=O)cc2C)c(C(=O)c2cccc(C#N)c2)cc1Cl)Oc1ccccc1. The Bertz CT molecular complexity index is 2320. The van der Waals surface area contributed by atoms with Gasteiger partial charge in [0.25, 0.3) is 5.91 Å². The number of ketones is 2. The Morgan fingerprint density at radius 2 is 1.71 bits per heavy atom. The molecule has 0 aliphatic heterocycles. The van der Waals surface area contributed by atoms with E-state index in [-0.39, 0.29) is 74.8 Å². The van der Waals surface area contributed by atoms with Gasteiger partial charge in [-0.25, -0.2) is 22.9 Å². The van der Waals surface area contributed by atoms with E-state index in [0.717, 1.165) is 6.07 Å². The summed E-state index contributed by atoms with van der Waals surface area (Å²) in [7, 11) is -7.89. The fourth-order valence-electron chi connectivity index (χ4n) is 4.69. The van der Waals surface area contributed by atoms with E-state index in [1.807, 2.05) is 6.07 Å². The number of ether oxygens (including phenoxy) is 2. The van der Waals surface area contributed by atoms with Crippen molar-refractivity contribution in [3.05, 3.63) is 112 Å². The average molecular weight is 826 g/mol. The van der Waals surface area contributed by atoms with Crippen LogP contribution in [0, 0.1) is 18.3 Å². The van der Waals surface area contributed by atoms with Gasteiger partial charge < -0.3 is 24.6 Å². The molecule has 0 spiro atoms. The van der Waals surface area contributed by atoms with E-state index < -0.39 is 48.1 Å². The number of nitriles is 1. The molecule has 2 atom stereocenters. The Labute approximate surface area is 327 Å². The summed E-state index contributed by atoms with van der Waals surface area (Å²) in [5.41, 5.74) is 0.818. The van der Waals surface area contributed by atoms with Crippen LogP contribution in [0.25, 0.3) is 0 Å². The molecule has 0 radical (unpaired) electrons. The van der Waals surface area contributed by atoms with Gasteiger partial charge >= 0.3 is 13.7 Å². The third-order valence-electron chi connectivity index (χ3n) is 7.80. The number of amides is 2. The molecule has 5 N–H and O–H groups in total. The van der Waals surface area contributed by atoms with Gasteiger partial charge in [-0.05, 0) is 74.9 Å². The lowest BCUT2D eigenvalue weighted by Gasteiger charge is -2.21. The molecular formula is C37H37ClN5O11PS. The molecule has 0 aliphatic carbocycles. The lowest BCUT2D eigenvalue weighted by molar-refractivity contribution is -0.119. The van der Waals surface area contributed by atoms with Gasteiger partial charge in [0, 0.05) is 23.9 Å². The summed E-state index contributed by atoms with van der Waals surface area (Å²) in [5, 5.41) is 22.1. The second-order valence-corrected chi connectivity index (χ2v) is 16.1. The van der Waals surface area contributed by atoms with Crippen LogP contribution >= 0.6 is 19.2 Å². The molecule has 0 fully saturated rings. The number of para-hydroxylation sites is 1. The van der Waals surface area contributed by atoms with Crippen molar-refractivity contribution in [2.75, 3.05) is 31.4 Å². The van der Waals surface area contributed by atoms with Crippen LogP contribution in [-0.4, -0.2) is 64.1 Å². The normalized spacial score (nSPS) is 12.6. The smallest absolute Gasteiger partial charge is 0.412 e. The van der Waals surface area contributed by atoms with Crippen LogP contribution in [0.1, 0.15) is 40.9 Å². The largest absolute Gasteiger partial charge is 0.483 e. The van der Waals surface area contributed by atoms with Gasteiger partial charge in [-0.2, -0.15) is 5.26 Å². The number of carbonyl (C=O) groups is 4. The number of Topliss-reactive ketones (excluding diaryl/α,β-unsaturated/α-hetero) is 1. The van der Waals surface area contributed by atoms with Gasteiger partial charge in [0.05, 0.1) is 39.3 Å². The number of hydrogen-bond donors (Lipinski definition) is 4. The third-order valence-corrected chi connectivity index (χ3v) is 10.8. The van der Waals surface area contributed by atoms with Crippen molar-refractivity contribution < 1.29 is 50.7 Å². The number of sulfonamides is 1. The molecule has 19 heteroatoms. The molecule has 294 valence electrons. The highest BCUT2D eigenvalue weighted by molar-refractivity contribution is 7.89. The summed E-state index contributed by atoms with van der Waals surface area (Å²) < 4.78 is 59.3. The van der Waals surface area contributed by atoms with Crippen molar-refractivity contribution >= 4 is 58.5 Å². The van der Waals surface area contributed by atoms with Crippen LogP contribution in [-0.2, 0) is 28.7 Å². The summed E-state index contributed by atoms with van der Waals surface area (Å²) in [6.45, 7) is 3.33. The summed E-state index contributed by atoms with van der Waals surface area (Å²) >= 11 is 6.46. The minimum atomic E-state index is -3.98. The first-order chi connectivity index (χ1) is 26.5. The Kier molecular flexibility index (Phi) is 14.9. The Balaban J connectivity index is 1.51. The molecule has 0 saturated heterocycles. The van der Waals surface area contributed by atoms with Crippen LogP contribution in [0.4, 0.5) is 10.5 Å². The fraction of sp³-hybridized carbons (Fsp3) is 0.216. The van der Waals surface area contributed by atoms with Crippen LogP contribution in [0.5, 0.6) is 17.2 Å². The molecule has 0 aromatic heterocycles. The van der Waals surface area contributed by atoms with Gasteiger partial charge in [-0.1, -0.05) is 41.9 Å². The van der Waals surface area contributed by atoms with Gasteiger partial charge in [0.15, 0.2) is 18.1 Å². The molecule has 4 aromatic carbocycles. The molecule has 0 heterocycles. The van der Waals surface area contributed by atoms with Crippen LogP contribution in [0.3, 0.4) is 0 Å². The zero-order valence-corrected chi connectivity index (χ0v) is 32.7. The van der Waals surface area contributed by atoms with Crippen molar-refractivity contribution in [3.8, 4) is 23.3 Å². The molecule has 16 nitrogen and oxygen atoms in total. The highest BCUT2D eigenvalue weighted by Crippen LogP contribution is 2.47. The fourth-order valence-corrected chi connectivity index (χ4v) is 6.87. The zero-order valence-electron chi connectivity index (χ0n) is 30.2. The maximum atomic E-state index is 13.6. The number of halogens is 1. The zero-order chi connectivity index (χ0) is 41.0. The van der Waals surface area contributed by atoms with Gasteiger partial charge in [0.2, 0.25) is 10.0 Å². The van der Waals surface area contributed by atoms with E-state index in [9.17, 15) is 37.4 Å². The van der Waals surface area contributed by atoms with Crippen LogP contribution < -0.4 is 35.1 Å². The quantitative estimate of drug-likeness (QED) is 0.0565. The number of nitrogens with two attached hydrogens (primary N) is 1. The Morgan fingerprint density at radius 1 is 0.982 bits per heavy atom. The number of carbonyl (C=O) groups excluding carboxylic acids is 4. The van der Waals surface area contributed by atoms with Crippen molar-refractivity contribution in [2.24, 2.45) is 5.14 Å². The minimum absolute atomic E-state index is 0.0988. The van der Waals surface area contributed by atoms with E-state index >= 15 is 0 Å². The lowest BCUT2D eigenvalue weighted by atomic mass is 10.0. The highest BCUT2D eigenvalue weighted by atomic mass is 35.5. The first kappa shape index (κ1) is 43.1. The number of nitrogens with zero attached hydrogens (tertiary/aromatic N) is 1. The minimum Gasteiger partial charge on any atom is -0.483 e. The number of rotatable bonds is 18. The first-order valence-electron chi connectivity index (χ1n) is 16.6. The highest BCUT2D eigenvalue weighted by Gasteiger charge is 2.28. The average Bonchev–Trinajstić information content (AvgIpc) is 3.15. The van der Waals surface area contributed by atoms with Crippen molar-refractivity contribution in [1.29, 1.82) is 5.26 Å². The summed E-state index contributed by atoms with van der Waals surface area (Å²) in [4.78, 5) is 50.9. The maximum absolute atomic E-state index is 13.6. The van der Waals surface area contributed by atoms with Crippen molar-refractivity contribution in [2.45, 2.75) is 31.7 Å². The van der Waals surface area contributed by atoms with E-state index in [1.165, 1.54) is 55.5 Å². The molecule has 4 aromatic rings. The summed E-state index contributed by atoms with van der Waals surface area (Å²) in [6.07, 6.45) is -1.37. The predicted molar refractivity (Wildman–Crippen MR) is 206 cm³/mol. The molecule has 0 aliphatic rings. The van der Waals surface area contributed by atoms with E-state index in [1.54, 1.807) is 44.2 Å². The molecule has 1 unspecified atom stereocenters. The first-order valence-corrected chi connectivity index (χ1v) is 20.3. The second-order valence-electron chi connectivity index (χ2n) is 12.0. The second kappa shape index (κ2) is 19.3. The van der Waals surface area contributed by atoms with Crippen molar-refractivity contribution in [1.82, 2.24) is 10.6 Å². The number of nitrogens with one attached hydrogen (secondary N) is 3. The molecule has 0 bridgehead atoms. The summed E-state index contributed by atoms with van der Waals surface area (Å²) in [5.74, 6) is -1.75. The Hall–Kier alpha value is -5.60. The van der Waals surface area contributed by atoms with Gasteiger partial charge in [-0.15, -0.1) is 0 Å². The number of aryl methyl sites for hydroxylation is 1. The summed E-state index contributed by atoms with van der Waals surface area (Å²) in [6, 6.07) is 21.5. The van der Waals surface area contributed by atoms with Gasteiger partial charge in [0.1, 0.15) is 24.0 Å². The molecule has 4 rings (SSSR count). The monoisotopic (exact) mass is 825 g/mol. The van der Waals surface area contributed by atoms with Crippen molar-refractivity contribution in [3.63, 3.8) is 0 Å². The standard InChI is InChI=1S/C37H37ClN5O11PS/c1-23-16-29(56(40,49)50)12-13-32(23)43-35(45)21-51-33-19-34(31(38)18-30(33)36(46)27-9-7-8-26(17-27)20-39)53-37(47)41-14-15-55(48,52-22-42-24(2)25(3)44)54-28-10-5-4-6-11-28/h4-13,16-19,24,42H,14-15,21-22H2,1-3H3,(H,41,47)(H,43,45)(H2,40,49,50)/t24-,55?/m0/s1. The molecule has 56 heavy (non-hydrogen) atoms. The van der Waals surface area contributed by atoms with Gasteiger partial charge in [-0.3, -0.25) is 24.2 Å². The number of hydrogen-bond acceptors (Lipinski definition) is 13. The number of benzene rings is 4. The molecule has 2 amide bonds. The number of anilines is 1. The third kappa shape index (κ3) is 12.5. The van der Waals surface area contributed by atoms with E-state index in [0.29, 0.717) is 5.56 Å². The lowest BCUT2D eigenvalue weighted by Crippen LogP contribution is -2.34. The number of primary sulfonamides is 1. The van der Waals surface area contributed by atoms with Crippen LogP contribution in [0.15, 0.2) is 89.8 Å². The Morgan fingerprint density at radius 3 is 2.38 bits per heavy atom.